The molecule has 156 valence electrons. The number of rotatable bonds is 6. The molecule has 0 saturated carbocycles. The van der Waals surface area contributed by atoms with Crippen LogP contribution >= 0.6 is 11.3 Å². The van der Waals surface area contributed by atoms with Crippen LogP contribution in [0, 0.1) is 0 Å². The van der Waals surface area contributed by atoms with E-state index in [9.17, 15) is 4.79 Å². The van der Waals surface area contributed by atoms with Crippen LogP contribution in [0.2, 0.25) is 0 Å². The van der Waals surface area contributed by atoms with Crippen molar-refractivity contribution in [2.75, 3.05) is 0 Å². The number of ether oxygens (including phenoxy) is 2. The van der Waals surface area contributed by atoms with Gasteiger partial charge in [0.1, 0.15) is 18.1 Å². The van der Waals surface area contributed by atoms with Crippen LogP contribution in [0.1, 0.15) is 26.5 Å². The number of fused-ring (bicyclic) bond motifs is 3. The Morgan fingerprint density at radius 1 is 1.16 bits per heavy atom. The van der Waals surface area contributed by atoms with E-state index >= 15 is 0 Å². The Morgan fingerprint density at radius 2 is 1.97 bits per heavy atom. The lowest BCUT2D eigenvalue weighted by Crippen LogP contribution is -2.13. The number of primary amides is 1. The van der Waals surface area contributed by atoms with Crippen molar-refractivity contribution < 1.29 is 14.3 Å². The van der Waals surface area contributed by atoms with E-state index in [1.807, 2.05) is 60.4 Å². The second-order valence-corrected chi connectivity index (χ2v) is 8.24. The summed E-state index contributed by atoms with van der Waals surface area (Å²) in [5, 5.41) is 5.03. The lowest BCUT2D eigenvalue weighted by atomic mass is 9.91. The van der Waals surface area contributed by atoms with Crippen molar-refractivity contribution in [2.45, 2.75) is 19.4 Å². The fourth-order valence-electron chi connectivity index (χ4n) is 3.79. The lowest BCUT2D eigenvalue weighted by molar-refractivity contribution is 0.100. The summed E-state index contributed by atoms with van der Waals surface area (Å²) in [5.41, 5.74) is 10.5. The number of hydrogen-bond acceptors (Lipinski definition) is 6. The molecule has 4 aromatic rings. The first-order valence-electron chi connectivity index (χ1n) is 9.87. The monoisotopic (exact) mass is 432 g/mol. The third-order valence-corrected chi connectivity index (χ3v) is 6.37. The van der Waals surface area contributed by atoms with Gasteiger partial charge in [-0.1, -0.05) is 17.4 Å². The van der Waals surface area contributed by atoms with Gasteiger partial charge in [-0.2, -0.15) is 5.10 Å². The Kier molecular flexibility index (Phi) is 4.91. The van der Waals surface area contributed by atoms with Gasteiger partial charge in [-0.05, 0) is 60.4 Å². The van der Waals surface area contributed by atoms with E-state index in [0.717, 1.165) is 46.7 Å². The van der Waals surface area contributed by atoms with Gasteiger partial charge in [0.15, 0.2) is 5.06 Å². The molecule has 5 rings (SSSR count). The number of carbonyl (C=O) groups is 1. The van der Waals surface area contributed by atoms with E-state index in [1.165, 1.54) is 11.3 Å². The molecule has 0 spiro atoms. The fraction of sp³-hybridized carbons (Fsp3) is 0.174. The second-order valence-electron chi connectivity index (χ2n) is 7.26. The molecule has 1 aliphatic rings. The number of nitrogens with two attached hydrogens (primary N) is 1. The predicted molar refractivity (Wildman–Crippen MR) is 118 cm³/mol. The number of nitrogens with zero attached hydrogens (tertiary/aromatic N) is 3. The van der Waals surface area contributed by atoms with Gasteiger partial charge in [0, 0.05) is 13.2 Å². The van der Waals surface area contributed by atoms with Crippen molar-refractivity contribution in [3.05, 3.63) is 76.6 Å². The standard InChI is InChI=1S/C23H20N4O3S/c1-27-20-14(12-26-27)5-10-18-19(20)23(31-21(18)22(24)28)30-17-8-6-16(7-9-17)29-13-15-4-2-3-11-25-15/h2-4,6-9,11-12H,5,10,13H2,1H3,(H2,24,28). The minimum Gasteiger partial charge on any atom is -0.487 e. The molecule has 31 heavy (non-hydrogen) atoms. The van der Waals surface area contributed by atoms with Gasteiger partial charge in [-0.25, -0.2) is 0 Å². The molecule has 0 atom stereocenters. The van der Waals surface area contributed by atoms with Crippen LogP contribution in [0.15, 0.2) is 54.9 Å². The van der Waals surface area contributed by atoms with Crippen LogP contribution in [0.5, 0.6) is 16.6 Å². The molecule has 8 heteroatoms. The highest BCUT2D eigenvalue weighted by atomic mass is 32.1. The van der Waals surface area contributed by atoms with Crippen molar-refractivity contribution in [3.63, 3.8) is 0 Å². The van der Waals surface area contributed by atoms with Crippen molar-refractivity contribution in [1.82, 2.24) is 14.8 Å². The van der Waals surface area contributed by atoms with Gasteiger partial charge in [0.05, 0.1) is 28.0 Å². The van der Waals surface area contributed by atoms with E-state index in [-0.39, 0.29) is 0 Å². The predicted octanol–water partition coefficient (Wildman–Crippen LogP) is 4.11. The Balaban J connectivity index is 1.41. The molecule has 0 aliphatic heterocycles. The second kappa shape index (κ2) is 7.88. The Morgan fingerprint density at radius 3 is 2.71 bits per heavy atom. The Labute approximate surface area is 183 Å². The number of aryl methyl sites for hydroxylation is 2. The quantitative estimate of drug-likeness (QED) is 0.495. The van der Waals surface area contributed by atoms with Crippen molar-refractivity contribution in [1.29, 1.82) is 0 Å². The van der Waals surface area contributed by atoms with Crippen molar-refractivity contribution in [3.8, 4) is 27.8 Å². The molecule has 1 amide bonds. The molecule has 0 unspecified atom stereocenters. The number of pyridine rings is 1. The summed E-state index contributed by atoms with van der Waals surface area (Å²) >= 11 is 1.29. The first-order valence-corrected chi connectivity index (χ1v) is 10.7. The van der Waals surface area contributed by atoms with Gasteiger partial charge in [0.2, 0.25) is 0 Å². The molecule has 2 N–H and O–H groups in total. The van der Waals surface area contributed by atoms with E-state index in [2.05, 4.69) is 10.1 Å². The lowest BCUT2D eigenvalue weighted by Gasteiger charge is -2.16. The van der Waals surface area contributed by atoms with Crippen LogP contribution in [0.4, 0.5) is 0 Å². The molecule has 0 radical (unpaired) electrons. The van der Waals surface area contributed by atoms with Crippen LogP contribution in [-0.2, 0) is 26.5 Å². The third-order valence-electron chi connectivity index (χ3n) is 5.24. The van der Waals surface area contributed by atoms with Gasteiger partial charge in [-0.3, -0.25) is 14.5 Å². The van der Waals surface area contributed by atoms with Crippen LogP contribution in [0.3, 0.4) is 0 Å². The number of aromatic nitrogens is 3. The van der Waals surface area contributed by atoms with Gasteiger partial charge >= 0.3 is 0 Å². The molecule has 0 bridgehead atoms. The highest BCUT2D eigenvalue weighted by molar-refractivity contribution is 7.16. The topological polar surface area (TPSA) is 92.3 Å². The van der Waals surface area contributed by atoms with E-state index < -0.39 is 5.91 Å². The van der Waals surface area contributed by atoms with E-state index in [1.54, 1.807) is 6.20 Å². The van der Waals surface area contributed by atoms with Crippen molar-refractivity contribution in [2.24, 2.45) is 12.8 Å². The maximum absolute atomic E-state index is 12.0. The largest absolute Gasteiger partial charge is 0.487 e. The molecule has 0 fully saturated rings. The molecule has 3 aromatic heterocycles. The maximum atomic E-state index is 12.0. The minimum atomic E-state index is -0.431. The fourth-order valence-corrected chi connectivity index (χ4v) is 4.86. The van der Waals surface area contributed by atoms with E-state index in [0.29, 0.717) is 22.3 Å². The number of benzene rings is 1. The molecular formula is C23H20N4O3S. The SMILES string of the molecule is Cn1ncc2c1-c1c(Oc3ccc(OCc4ccccn4)cc3)sc(C(N)=O)c1CC2. The summed E-state index contributed by atoms with van der Waals surface area (Å²) in [6.45, 7) is 0.394. The first kappa shape index (κ1) is 19.3. The van der Waals surface area contributed by atoms with Crippen LogP contribution in [-0.4, -0.2) is 20.7 Å². The average molecular weight is 433 g/mol. The molecule has 0 saturated heterocycles. The van der Waals surface area contributed by atoms with Gasteiger partial charge < -0.3 is 15.2 Å². The van der Waals surface area contributed by atoms with Gasteiger partial charge in [0.25, 0.3) is 5.91 Å². The van der Waals surface area contributed by atoms with Crippen LogP contribution in [0.25, 0.3) is 11.3 Å². The minimum absolute atomic E-state index is 0.394. The first-order chi connectivity index (χ1) is 15.1. The smallest absolute Gasteiger partial charge is 0.259 e. The molecular weight excluding hydrogens is 412 g/mol. The highest BCUT2D eigenvalue weighted by Crippen LogP contribution is 2.48. The maximum Gasteiger partial charge on any atom is 0.259 e. The average Bonchev–Trinajstić information content (AvgIpc) is 3.34. The highest BCUT2D eigenvalue weighted by Gasteiger charge is 2.30. The molecule has 7 nitrogen and oxygen atoms in total. The number of carbonyl (C=O) groups excluding carboxylic acids is 1. The zero-order valence-corrected chi connectivity index (χ0v) is 17.7. The number of hydrogen-bond donors (Lipinski definition) is 1. The van der Waals surface area contributed by atoms with E-state index in [4.69, 9.17) is 15.2 Å². The Bertz CT molecular complexity index is 1250. The third kappa shape index (κ3) is 3.66. The summed E-state index contributed by atoms with van der Waals surface area (Å²) in [5.74, 6) is 0.942. The number of amides is 1. The Hall–Kier alpha value is -3.65. The normalized spacial score (nSPS) is 12.2. The summed E-state index contributed by atoms with van der Waals surface area (Å²) in [6.07, 6.45) is 5.18. The molecule has 1 aromatic carbocycles. The molecule has 1 aliphatic carbocycles. The van der Waals surface area contributed by atoms with Crippen molar-refractivity contribution >= 4 is 17.2 Å². The summed E-state index contributed by atoms with van der Waals surface area (Å²) in [6, 6.07) is 13.1. The van der Waals surface area contributed by atoms with Crippen LogP contribution < -0.4 is 15.2 Å². The van der Waals surface area contributed by atoms with Gasteiger partial charge in [-0.15, -0.1) is 0 Å². The zero-order chi connectivity index (χ0) is 21.4. The summed E-state index contributed by atoms with van der Waals surface area (Å²) in [4.78, 5) is 16.8. The number of thiophene rings is 1. The zero-order valence-electron chi connectivity index (χ0n) is 16.9. The summed E-state index contributed by atoms with van der Waals surface area (Å²) < 4.78 is 13.8. The summed E-state index contributed by atoms with van der Waals surface area (Å²) in [7, 11) is 1.90. The molecule has 3 heterocycles.